The van der Waals surface area contributed by atoms with Crippen molar-refractivity contribution in [1.29, 1.82) is 0 Å². The lowest BCUT2D eigenvalue weighted by molar-refractivity contribution is -0.126. The van der Waals surface area contributed by atoms with Gasteiger partial charge in [-0.25, -0.2) is 0 Å². The molecule has 0 aromatic heterocycles. The van der Waals surface area contributed by atoms with E-state index in [2.05, 4.69) is 17.2 Å². The van der Waals surface area contributed by atoms with E-state index in [1.807, 2.05) is 31.2 Å². The van der Waals surface area contributed by atoms with Crippen LogP contribution in [0.1, 0.15) is 18.9 Å². The maximum atomic E-state index is 12.3. The number of benzene rings is 2. The van der Waals surface area contributed by atoms with E-state index in [0.717, 1.165) is 17.7 Å². The third kappa shape index (κ3) is 5.72. The molecule has 0 unspecified atom stereocenters. The SMILES string of the molecule is C=CCNC(=O)[C@@H]1CC(=O)N(c2ccc(OCC(=O)Nc3ccccc3CC)cc2)C1. The second-order valence-electron chi connectivity index (χ2n) is 7.28. The van der Waals surface area contributed by atoms with Crippen LogP contribution in [0.2, 0.25) is 0 Å². The lowest BCUT2D eigenvalue weighted by Crippen LogP contribution is -2.32. The first-order chi connectivity index (χ1) is 15.0. The Kier molecular flexibility index (Phi) is 7.43. The molecule has 1 heterocycles. The van der Waals surface area contributed by atoms with E-state index in [9.17, 15) is 14.4 Å². The first-order valence-electron chi connectivity index (χ1n) is 10.3. The highest BCUT2D eigenvalue weighted by atomic mass is 16.5. The molecule has 1 fully saturated rings. The van der Waals surface area contributed by atoms with Crippen molar-refractivity contribution in [2.45, 2.75) is 19.8 Å². The molecule has 0 saturated carbocycles. The zero-order chi connectivity index (χ0) is 22.2. The number of nitrogens with zero attached hydrogens (tertiary/aromatic N) is 1. The third-order valence-corrected chi connectivity index (χ3v) is 5.11. The summed E-state index contributed by atoms with van der Waals surface area (Å²) in [7, 11) is 0. The fourth-order valence-electron chi connectivity index (χ4n) is 3.46. The molecular formula is C24H27N3O4. The molecule has 1 aliphatic rings. The summed E-state index contributed by atoms with van der Waals surface area (Å²) in [6.45, 7) is 6.20. The smallest absolute Gasteiger partial charge is 0.262 e. The number of rotatable bonds is 9. The number of hydrogen-bond donors (Lipinski definition) is 2. The molecule has 1 saturated heterocycles. The van der Waals surface area contributed by atoms with Crippen LogP contribution in [0.15, 0.2) is 61.2 Å². The van der Waals surface area contributed by atoms with Crippen molar-refractivity contribution in [2.24, 2.45) is 5.92 Å². The Morgan fingerprint density at radius 3 is 2.65 bits per heavy atom. The van der Waals surface area contributed by atoms with Gasteiger partial charge in [-0.15, -0.1) is 6.58 Å². The van der Waals surface area contributed by atoms with E-state index in [4.69, 9.17) is 4.74 Å². The van der Waals surface area contributed by atoms with Crippen LogP contribution in [-0.4, -0.2) is 37.4 Å². The first kappa shape index (κ1) is 22.1. The van der Waals surface area contributed by atoms with Crippen molar-refractivity contribution in [3.63, 3.8) is 0 Å². The van der Waals surface area contributed by atoms with E-state index >= 15 is 0 Å². The highest BCUT2D eigenvalue weighted by Gasteiger charge is 2.34. The predicted octanol–water partition coefficient (Wildman–Crippen LogP) is 2.92. The van der Waals surface area contributed by atoms with Crippen molar-refractivity contribution in [3.05, 3.63) is 66.7 Å². The number of ether oxygens (including phenoxy) is 1. The van der Waals surface area contributed by atoms with Crippen molar-refractivity contribution in [2.75, 3.05) is 29.9 Å². The fourth-order valence-corrected chi connectivity index (χ4v) is 3.46. The average molecular weight is 421 g/mol. The number of anilines is 2. The molecule has 1 atom stereocenters. The third-order valence-electron chi connectivity index (χ3n) is 5.11. The summed E-state index contributed by atoms with van der Waals surface area (Å²) in [6.07, 6.45) is 2.61. The molecule has 0 radical (unpaired) electrons. The largest absolute Gasteiger partial charge is 0.484 e. The molecule has 2 N–H and O–H groups in total. The van der Waals surface area contributed by atoms with Crippen molar-refractivity contribution in [3.8, 4) is 5.75 Å². The van der Waals surface area contributed by atoms with Gasteiger partial charge in [-0.2, -0.15) is 0 Å². The predicted molar refractivity (Wildman–Crippen MR) is 120 cm³/mol. The van der Waals surface area contributed by atoms with Gasteiger partial charge in [0, 0.05) is 30.9 Å². The van der Waals surface area contributed by atoms with Gasteiger partial charge in [-0.1, -0.05) is 31.2 Å². The Labute approximate surface area is 182 Å². The van der Waals surface area contributed by atoms with E-state index < -0.39 is 0 Å². The normalized spacial score (nSPS) is 15.5. The van der Waals surface area contributed by atoms with Crippen LogP contribution in [0.3, 0.4) is 0 Å². The highest BCUT2D eigenvalue weighted by molar-refractivity contribution is 6.00. The second-order valence-corrected chi connectivity index (χ2v) is 7.28. The Hall–Kier alpha value is -3.61. The van der Waals surface area contributed by atoms with E-state index in [1.165, 1.54) is 0 Å². The number of amides is 3. The first-order valence-corrected chi connectivity index (χ1v) is 10.3. The number of para-hydroxylation sites is 1. The molecular weight excluding hydrogens is 394 g/mol. The Balaban J connectivity index is 1.53. The Morgan fingerprint density at radius 2 is 1.94 bits per heavy atom. The lowest BCUT2D eigenvalue weighted by atomic mass is 10.1. The maximum Gasteiger partial charge on any atom is 0.262 e. The van der Waals surface area contributed by atoms with Crippen molar-refractivity contribution < 1.29 is 19.1 Å². The molecule has 1 aliphatic heterocycles. The van der Waals surface area contributed by atoms with Crippen LogP contribution >= 0.6 is 0 Å². The summed E-state index contributed by atoms with van der Waals surface area (Å²) >= 11 is 0. The maximum absolute atomic E-state index is 12.3. The molecule has 0 spiro atoms. The summed E-state index contributed by atoms with van der Waals surface area (Å²) in [5.41, 5.74) is 2.54. The molecule has 2 aromatic carbocycles. The number of hydrogen-bond acceptors (Lipinski definition) is 4. The van der Waals surface area contributed by atoms with Gasteiger partial charge in [-0.3, -0.25) is 14.4 Å². The highest BCUT2D eigenvalue weighted by Crippen LogP contribution is 2.27. The molecule has 3 rings (SSSR count). The van der Waals surface area contributed by atoms with Crippen LogP contribution < -0.4 is 20.3 Å². The molecule has 162 valence electrons. The van der Waals surface area contributed by atoms with Gasteiger partial charge >= 0.3 is 0 Å². The summed E-state index contributed by atoms with van der Waals surface area (Å²) in [5.74, 6) is -0.339. The molecule has 3 amide bonds. The second kappa shape index (κ2) is 10.4. The average Bonchev–Trinajstić information content (AvgIpc) is 3.18. The van der Waals surface area contributed by atoms with Crippen LogP contribution in [0, 0.1) is 5.92 Å². The Morgan fingerprint density at radius 1 is 1.19 bits per heavy atom. The van der Waals surface area contributed by atoms with Crippen molar-refractivity contribution >= 4 is 29.1 Å². The monoisotopic (exact) mass is 421 g/mol. The molecule has 2 aromatic rings. The van der Waals surface area contributed by atoms with Crippen LogP contribution in [-0.2, 0) is 20.8 Å². The van der Waals surface area contributed by atoms with Gasteiger partial charge in [0.2, 0.25) is 11.8 Å². The molecule has 7 heteroatoms. The van der Waals surface area contributed by atoms with E-state index in [1.54, 1.807) is 35.2 Å². The number of aryl methyl sites for hydroxylation is 1. The zero-order valence-corrected chi connectivity index (χ0v) is 17.6. The topological polar surface area (TPSA) is 87.7 Å². The standard InChI is InChI=1S/C24H27N3O4/c1-3-13-25-24(30)18-14-23(29)27(15-18)19-9-11-20(12-10-19)31-16-22(28)26-21-8-6-5-7-17(21)4-2/h3,5-12,18H,1,4,13-16H2,2H3,(H,25,30)(H,26,28)/t18-/m1/s1. The number of carbonyl (C=O) groups is 3. The minimum atomic E-state index is -0.377. The minimum absolute atomic E-state index is 0.0959. The van der Waals surface area contributed by atoms with E-state index in [-0.39, 0.29) is 36.7 Å². The number of nitrogens with one attached hydrogen (secondary N) is 2. The molecule has 7 nitrogen and oxygen atoms in total. The Bertz CT molecular complexity index is 956. The molecule has 0 aliphatic carbocycles. The lowest BCUT2D eigenvalue weighted by Gasteiger charge is -2.17. The number of carbonyl (C=O) groups excluding carboxylic acids is 3. The summed E-state index contributed by atoms with van der Waals surface area (Å²) in [4.78, 5) is 38.2. The van der Waals surface area contributed by atoms with Gasteiger partial charge in [0.25, 0.3) is 5.91 Å². The molecule has 0 bridgehead atoms. The van der Waals surface area contributed by atoms with Gasteiger partial charge in [0.1, 0.15) is 5.75 Å². The van der Waals surface area contributed by atoms with Gasteiger partial charge in [0.15, 0.2) is 6.61 Å². The van der Waals surface area contributed by atoms with Gasteiger partial charge < -0.3 is 20.3 Å². The van der Waals surface area contributed by atoms with Crippen LogP contribution in [0.5, 0.6) is 5.75 Å². The summed E-state index contributed by atoms with van der Waals surface area (Å²) in [6, 6.07) is 14.6. The minimum Gasteiger partial charge on any atom is -0.484 e. The van der Waals surface area contributed by atoms with Crippen molar-refractivity contribution in [1.82, 2.24) is 5.32 Å². The van der Waals surface area contributed by atoms with Gasteiger partial charge in [0.05, 0.1) is 5.92 Å². The zero-order valence-electron chi connectivity index (χ0n) is 17.6. The summed E-state index contributed by atoms with van der Waals surface area (Å²) in [5, 5.41) is 5.60. The molecule has 31 heavy (non-hydrogen) atoms. The van der Waals surface area contributed by atoms with Crippen LogP contribution in [0.4, 0.5) is 11.4 Å². The van der Waals surface area contributed by atoms with E-state index in [0.29, 0.717) is 24.5 Å². The quantitative estimate of drug-likeness (QED) is 0.610. The summed E-state index contributed by atoms with van der Waals surface area (Å²) < 4.78 is 5.57. The van der Waals surface area contributed by atoms with Gasteiger partial charge in [-0.05, 0) is 42.3 Å². The van der Waals surface area contributed by atoms with Crippen LogP contribution in [0.25, 0.3) is 0 Å². The fraction of sp³-hybridized carbons (Fsp3) is 0.292.